The molecular weight excluding hydrogens is 982 g/mol. The number of carbonyl (C=O) groups is 2. The topological polar surface area (TPSA) is 288 Å². The lowest BCUT2D eigenvalue weighted by Crippen LogP contribution is -2.33. The Balaban J connectivity index is 1.09. The van der Waals surface area contributed by atoms with Gasteiger partial charge in [0.15, 0.2) is 24.4 Å². The highest BCUT2D eigenvalue weighted by Gasteiger charge is 2.45. The Morgan fingerprint density at radius 1 is 0.878 bits per heavy atom. The number of rotatable bonds is 21. The van der Waals surface area contributed by atoms with Crippen LogP contribution in [0.2, 0.25) is 0 Å². The molecule has 5 heterocycles. The number of amides is 1. The van der Waals surface area contributed by atoms with Gasteiger partial charge < -0.3 is 28.6 Å². The highest BCUT2D eigenvalue weighted by atomic mass is 31.2. The monoisotopic (exact) mass is 1040 g/mol. The average Bonchev–Trinajstić information content (AvgIpc) is 4.08. The summed E-state index contributed by atoms with van der Waals surface area (Å²) in [7, 11) is -1.11. The maximum atomic E-state index is 14.6. The number of nitrogens with zero attached hydrogens (tertiary/aromatic N) is 9. The number of phosphoric acid groups is 1. The Hall–Kier alpha value is -6.87. The van der Waals surface area contributed by atoms with Crippen molar-refractivity contribution in [2.24, 2.45) is 4.99 Å². The molecular formula is C49H62N11O13P. The molecule has 7 atom stereocenters. The summed E-state index contributed by atoms with van der Waals surface area (Å²) in [6, 6.07) is 16.6. The highest BCUT2D eigenvalue weighted by molar-refractivity contribution is 7.48. The summed E-state index contributed by atoms with van der Waals surface area (Å²) >= 11 is 0. The first-order valence-corrected chi connectivity index (χ1v) is 25.4. The fourth-order valence-electron chi connectivity index (χ4n) is 7.84. The van der Waals surface area contributed by atoms with Gasteiger partial charge in [0.2, 0.25) is 5.95 Å². The van der Waals surface area contributed by atoms with Crippen LogP contribution in [-0.2, 0) is 52.8 Å². The summed E-state index contributed by atoms with van der Waals surface area (Å²) in [6.45, 7) is 12.5. The standard InChI is InChI=1S/C49H62N11O13P/c1-10-34-36(23-40(70-34)60-29-53-45(57-47(60)64)52-27-58(8)9)73-74(65,68-21-11-20-50)69-24-37-35(72-41(62)26-67-33-18-14-31(15-19-33)49(5,6)7)22-39(71-37)59-28-51-42-43(59)55-46(56-44(42)63)54-38(61)25-66-32-16-12-30(13-17-32)48(2,3)4/h12-19,27-29,34-37,39-40H,10-11,21-26H2,1-9H3,(H2,54,55,56,61,63)/t34-,35?,36?,37-,39-,40-,74?/m1/s1. The number of fused-ring (bicyclic) bond motifs is 1. The number of phosphoric ester groups is 1. The molecule has 0 spiro atoms. The number of benzene rings is 2. The van der Waals surface area contributed by atoms with Gasteiger partial charge in [-0.05, 0) is 52.6 Å². The van der Waals surface area contributed by atoms with E-state index in [4.69, 9.17) is 37.3 Å². The van der Waals surface area contributed by atoms with Gasteiger partial charge in [-0.3, -0.25) is 42.6 Å². The van der Waals surface area contributed by atoms with Crippen LogP contribution in [0.3, 0.4) is 0 Å². The number of aliphatic imine (C=N–C) groups is 1. The summed E-state index contributed by atoms with van der Waals surface area (Å²) < 4.78 is 64.9. The molecule has 25 heteroatoms. The lowest BCUT2D eigenvalue weighted by Gasteiger charge is -2.25. The molecule has 24 nitrogen and oxygen atoms in total. The Bertz CT molecular complexity index is 3000. The zero-order valence-corrected chi connectivity index (χ0v) is 43.6. The van der Waals surface area contributed by atoms with E-state index in [1.165, 1.54) is 28.1 Å². The minimum absolute atomic E-state index is 0.00102. The first kappa shape index (κ1) is 54.9. The molecule has 0 bridgehead atoms. The van der Waals surface area contributed by atoms with Crippen molar-refractivity contribution in [3.63, 3.8) is 0 Å². The fourth-order valence-corrected chi connectivity index (χ4v) is 9.24. The largest absolute Gasteiger partial charge is 0.484 e. The predicted molar refractivity (Wildman–Crippen MR) is 268 cm³/mol. The van der Waals surface area contributed by atoms with E-state index in [1.807, 2.05) is 37.3 Å². The number of carbonyl (C=O) groups excluding carboxylic acids is 2. The molecule has 5 aromatic rings. The third-order valence-corrected chi connectivity index (χ3v) is 13.3. The van der Waals surface area contributed by atoms with Gasteiger partial charge in [-0.25, -0.2) is 29.1 Å². The van der Waals surface area contributed by atoms with Crippen molar-refractivity contribution < 1.29 is 51.4 Å². The molecule has 2 saturated heterocycles. The van der Waals surface area contributed by atoms with E-state index in [-0.39, 0.29) is 66.4 Å². The summed E-state index contributed by atoms with van der Waals surface area (Å²) in [5.74, 6) is -0.733. The van der Waals surface area contributed by atoms with Crippen LogP contribution in [0.1, 0.15) is 97.7 Å². The zero-order valence-electron chi connectivity index (χ0n) is 42.8. The summed E-state index contributed by atoms with van der Waals surface area (Å²) in [4.78, 5) is 78.0. The van der Waals surface area contributed by atoms with Crippen LogP contribution in [0.5, 0.6) is 11.5 Å². The van der Waals surface area contributed by atoms with Gasteiger partial charge in [-0.15, -0.1) is 0 Å². The number of ether oxygens (including phenoxy) is 5. The van der Waals surface area contributed by atoms with Crippen LogP contribution < -0.4 is 26.0 Å². The van der Waals surface area contributed by atoms with Crippen LogP contribution in [-0.4, -0.2) is 122 Å². The SMILES string of the molecule is CC[C@H]1O[C@@H](n2cnc(N=CN(C)C)nc2=O)CC1OP(=O)(OCCC#N)OC[C@H]1O[C@@H](n2cnc3c(=O)[nH]c(NC(=O)COc4ccc(C(C)(C)C)cc4)nc32)CC1OC(=O)COc1ccc(C(C)(C)C)cc1. The van der Waals surface area contributed by atoms with Gasteiger partial charge in [0.1, 0.15) is 42.5 Å². The van der Waals surface area contributed by atoms with Gasteiger partial charge in [0.25, 0.3) is 17.4 Å². The van der Waals surface area contributed by atoms with E-state index in [1.54, 1.807) is 43.3 Å². The van der Waals surface area contributed by atoms with Gasteiger partial charge in [-0.2, -0.15) is 15.2 Å². The molecule has 0 radical (unpaired) electrons. The Morgan fingerprint density at radius 3 is 2.09 bits per heavy atom. The van der Waals surface area contributed by atoms with Crippen LogP contribution >= 0.6 is 7.82 Å². The van der Waals surface area contributed by atoms with Crippen molar-refractivity contribution in [1.29, 1.82) is 5.26 Å². The summed E-state index contributed by atoms with van der Waals surface area (Å²) in [5.41, 5.74) is 0.546. The van der Waals surface area contributed by atoms with Crippen molar-refractivity contribution >= 4 is 49.1 Å². The maximum absolute atomic E-state index is 14.6. The van der Waals surface area contributed by atoms with Crippen LogP contribution in [0.15, 0.2) is 75.8 Å². The molecule has 2 aliphatic rings. The van der Waals surface area contributed by atoms with Crippen LogP contribution in [0, 0.1) is 11.3 Å². The van der Waals surface area contributed by atoms with Crippen molar-refractivity contribution in [3.05, 3.63) is 93.2 Å². The van der Waals surface area contributed by atoms with Crippen molar-refractivity contribution in [2.45, 2.75) is 122 Å². The first-order chi connectivity index (χ1) is 35.1. The minimum atomic E-state index is -4.61. The summed E-state index contributed by atoms with van der Waals surface area (Å²) in [6.07, 6.45) is -1.76. The van der Waals surface area contributed by atoms with Crippen LogP contribution in [0.25, 0.3) is 11.2 Å². The molecule has 0 saturated carbocycles. The van der Waals surface area contributed by atoms with E-state index in [2.05, 4.69) is 76.8 Å². The predicted octanol–water partition coefficient (Wildman–Crippen LogP) is 6.02. The molecule has 7 rings (SSSR count). The number of aromatic nitrogens is 7. The Labute approximate surface area is 427 Å². The second kappa shape index (κ2) is 23.6. The second-order valence-electron chi connectivity index (χ2n) is 19.8. The van der Waals surface area contributed by atoms with E-state index < -0.39 is 81.0 Å². The van der Waals surface area contributed by atoms with Gasteiger partial charge in [-0.1, -0.05) is 72.7 Å². The summed E-state index contributed by atoms with van der Waals surface area (Å²) in [5, 5.41) is 11.9. The van der Waals surface area contributed by atoms with Gasteiger partial charge in [0.05, 0.1) is 50.6 Å². The molecule has 396 valence electrons. The second-order valence-corrected chi connectivity index (χ2v) is 21.4. The number of imidazole rings is 1. The number of H-pyrrole nitrogens is 1. The zero-order chi connectivity index (χ0) is 53.4. The molecule has 74 heavy (non-hydrogen) atoms. The van der Waals surface area contributed by atoms with Crippen LogP contribution in [0.4, 0.5) is 11.9 Å². The number of hydrogen-bond donors (Lipinski definition) is 2. The lowest BCUT2D eigenvalue weighted by molar-refractivity contribution is -0.155. The molecule has 1 amide bonds. The van der Waals surface area contributed by atoms with E-state index in [9.17, 15) is 29.0 Å². The molecule has 2 aromatic carbocycles. The minimum Gasteiger partial charge on any atom is -0.484 e. The van der Waals surface area contributed by atoms with E-state index >= 15 is 0 Å². The molecule has 2 fully saturated rings. The number of nitrogens with one attached hydrogen (secondary N) is 2. The normalized spacial score (nSPS) is 20.8. The van der Waals surface area contributed by atoms with Gasteiger partial charge >= 0.3 is 19.5 Å². The quantitative estimate of drug-likeness (QED) is 0.0279. The molecule has 3 aromatic heterocycles. The third-order valence-electron chi connectivity index (χ3n) is 11.8. The number of hydrogen-bond acceptors (Lipinski definition) is 19. The third kappa shape index (κ3) is 14.2. The number of anilines is 1. The van der Waals surface area contributed by atoms with E-state index in [0.29, 0.717) is 17.9 Å². The fraction of sp³-hybridized carbons (Fsp3) is 0.510. The Morgan fingerprint density at radius 2 is 1.49 bits per heavy atom. The molecule has 2 aliphatic heterocycles. The molecule has 0 aliphatic carbocycles. The average molecular weight is 1040 g/mol. The molecule has 3 unspecified atom stereocenters. The number of nitriles is 1. The van der Waals surface area contributed by atoms with Gasteiger partial charge in [0, 0.05) is 26.9 Å². The van der Waals surface area contributed by atoms with Crippen molar-refractivity contribution in [2.75, 3.05) is 45.8 Å². The van der Waals surface area contributed by atoms with E-state index in [0.717, 1.165) is 11.1 Å². The highest BCUT2D eigenvalue weighted by Crippen LogP contribution is 2.54. The number of esters is 1. The Kier molecular flexibility index (Phi) is 17.5. The number of aromatic amines is 1. The smallest absolute Gasteiger partial charge is 0.475 e. The van der Waals surface area contributed by atoms with Crippen molar-refractivity contribution in [3.8, 4) is 17.6 Å². The first-order valence-electron chi connectivity index (χ1n) is 24.0. The maximum Gasteiger partial charge on any atom is 0.475 e. The molecule has 2 N–H and O–H groups in total. The van der Waals surface area contributed by atoms with Crippen molar-refractivity contribution in [1.82, 2.24) is 39.0 Å². The lowest BCUT2D eigenvalue weighted by atomic mass is 9.87.